The number of amides is 3. The normalized spacial score (nSPS) is 15.3. The summed E-state index contributed by atoms with van der Waals surface area (Å²) in [5.41, 5.74) is 0.799. The van der Waals surface area contributed by atoms with E-state index in [9.17, 15) is 9.59 Å². The zero-order chi connectivity index (χ0) is 16.5. The van der Waals surface area contributed by atoms with Crippen LogP contribution in [0.3, 0.4) is 0 Å². The fourth-order valence-electron chi connectivity index (χ4n) is 2.80. The number of unbranched alkanes of at least 4 members (excludes halogenated alkanes) is 2. The molecule has 126 valence electrons. The lowest BCUT2D eigenvalue weighted by molar-refractivity contribution is -0.126. The van der Waals surface area contributed by atoms with Gasteiger partial charge in [0.1, 0.15) is 0 Å². The van der Waals surface area contributed by atoms with Gasteiger partial charge in [0.25, 0.3) is 0 Å². The van der Waals surface area contributed by atoms with Crippen molar-refractivity contribution in [2.24, 2.45) is 5.92 Å². The van der Waals surface area contributed by atoms with Gasteiger partial charge in [0, 0.05) is 31.2 Å². The van der Waals surface area contributed by atoms with Crippen molar-refractivity contribution in [1.82, 2.24) is 10.2 Å². The lowest BCUT2D eigenvalue weighted by Crippen LogP contribution is -2.44. The minimum absolute atomic E-state index is 0.0393. The number of benzene rings is 1. The van der Waals surface area contributed by atoms with Crippen LogP contribution in [0.4, 0.5) is 10.5 Å². The van der Waals surface area contributed by atoms with Gasteiger partial charge in [-0.05, 0) is 31.4 Å². The third kappa shape index (κ3) is 5.58. The van der Waals surface area contributed by atoms with Gasteiger partial charge in [-0.1, -0.05) is 38.0 Å². The van der Waals surface area contributed by atoms with Crippen molar-refractivity contribution in [2.45, 2.75) is 39.0 Å². The van der Waals surface area contributed by atoms with Crippen LogP contribution in [-0.2, 0) is 4.79 Å². The summed E-state index contributed by atoms with van der Waals surface area (Å²) < 4.78 is 0. The molecule has 1 aromatic rings. The predicted molar refractivity (Wildman–Crippen MR) is 92.3 cm³/mol. The maximum Gasteiger partial charge on any atom is 0.321 e. The highest BCUT2D eigenvalue weighted by Crippen LogP contribution is 2.18. The number of urea groups is 1. The minimum Gasteiger partial charge on any atom is -0.356 e. The molecule has 1 fully saturated rings. The molecule has 1 heterocycles. The molecule has 23 heavy (non-hydrogen) atoms. The monoisotopic (exact) mass is 317 g/mol. The molecule has 1 aliphatic rings. The number of nitrogens with zero attached hydrogens (tertiary/aromatic N) is 1. The van der Waals surface area contributed by atoms with Crippen LogP contribution in [0.25, 0.3) is 0 Å². The molecule has 1 saturated heterocycles. The first-order valence-corrected chi connectivity index (χ1v) is 8.59. The highest BCUT2D eigenvalue weighted by atomic mass is 16.2. The quantitative estimate of drug-likeness (QED) is 0.791. The van der Waals surface area contributed by atoms with E-state index in [4.69, 9.17) is 0 Å². The number of anilines is 1. The van der Waals surface area contributed by atoms with E-state index >= 15 is 0 Å². The van der Waals surface area contributed by atoms with Gasteiger partial charge in [0.15, 0.2) is 0 Å². The summed E-state index contributed by atoms with van der Waals surface area (Å²) in [6.07, 6.45) is 4.83. The molecule has 0 atom stereocenters. The number of para-hydroxylation sites is 1. The van der Waals surface area contributed by atoms with E-state index in [1.54, 1.807) is 4.90 Å². The Kier molecular flexibility index (Phi) is 6.91. The summed E-state index contributed by atoms with van der Waals surface area (Å²) in [5, 5.41) is 5.90. The van der Waals surface area contributed by atoms with Crippen molar-refractivity contribution < 1.29 is 9.59 Å². The molecule has 0 bridgehead atoms. The summed E-state index contributed by atoms with van der Waals surface area (Å²) in [4.78, 5) is 26.1. The first kappa shape index (κ1) is 17.3. The molecule has 0 radical (unpaired) electrons. The summed E-state index contributed by atoms with van der Waals surface area (Å²) >= 11 is 0. The molecule has 0 aliphatic carbocycles. The molecule has 1 aliphatic heterocycles. The number of carbonyl (C=O) groups is 2. The number of hydrogen-bond acceptors (Lipinski definition) is 2. The summed E-state index contributed by atoms with van der Waals surface area (Å²) in [7, 11) is 0. The van der Waals surface area contributed by atoms with Crippen LogP contribution in [0, 0.1) is 5.92 Å². The Morgan fingerprint density at radius 3 is 2.48 bits per heavy atom. The molecule has 2 rings (SSSR count). The van der Waals surface area contributed by atoms with Gasteiger partial charge < -0.3 is 15.5 Å². The first-order valence-electron chi connectivity index (χ1n) is 8.59. The third-order valence-corrected chi connectivity index (χ3v) is 4.26. The summed E-state index contributed by atoms with van der Waals surface area (Å²) in [6, 6.07) is 9.36. The second-order valence-electron chi connectivity index (χ2n) is 6.06. The Balaban J connectivity index is 1.70. The molecular weight excluding hydrogens is 290 g/mol. The van der Waals surface area contributed by atoms with E-state index in [0.717, 1.165) is 44.3 Å². The van der Waals surface area contributed by atoms with Crippen LogP contribution in [0.1, 0.15) is 39.0 Å². The molecule has 3 amide bonds. The van der Waals surface area contributed by atoms with Gasteiger partial charge in [0.05, 0.1) is 0 Å². The van der Waals surface area contributed by atoms with Gasteiger partial charge >= 0.3 is 6.03 Å². The summed E-state index contributed by atoms with van der Waals surface area (Å²) in [5.74, 6) is 0.182. The molecule has 2 N–H and O–H groups in total. The fraction of sp³-hybridized carbons (Fsp3) is 0.556. The van der Waals surface area contributed by atoms with E-state index in [-0.39, 0.29) is 17.9 Å². The lowest BCUT2D eigenvalue weighted by Gasteiger charge is -2.31. The SMILES string of the molecule is CCCCCNC(=O)C1CCN(C(=O)Nc2ccccc2)CC1. The lowest BCUT2D eigenvalue weighted by atomic mass is 9.96. The highest BCUT2D eigenvalue weighted by molar-refractivity contribution is 5.89. The average molecular weight is 317 g/mol. The Labute approximate surface area is 138 Å². The number of rotatable bonds is 6. The van der Waals surface area contributed by atoms with Crippen LogP contribution >= 0.6 is 0 Å². The van der Waals surface area contributed by atoms with Crippen LogP contribution in [0.5, 0.6) is 0 Å². The van der Waals surface area contributed by atoms with E-state index in [0.29, 0.717) is 13.1 Å². The van der Waals surface area contributed by atoms with Crippen molar-refractivity contribution >= 4 is 17.6 Å². The maximum atomic E-state index is 12.2. The van der Waals surface area contributed by atoms with Gasteiger partial charge in [-0.25, -0.2) is 4.79 Å². The number of piperidine rings is 1. The molecule has 0 aromatic heterocycles. The molecule has 5 nitrogen and oxygen atoms in total. The number of carbonyl (C=O) groups excluding carboxylic acids is 2. The summed E-state index contributed by atoms with van der Waals surface area (Å²) in [6.45, 7) is 4.18. The first-order chi connectivity index (χ1) is 11.2. The second-order valence-corrected chi connectivity index (χ2v) is 6.06. The van der Waals surface area contributed by atoms with Crippen LogP contribution in [0.2, 0.25) is 0 Å². The van der Waals surface area contributed by atoms with Crippen molar-refractivity contribution in [1.29, 1.82) is 0 Å². The zero-order valence-electron chi connectivity index (χ0n) is 13.9. The van der Waals surface area contributed by atoms with Crippen LogP contribution in [-0.4, -0.2) is 36.5 Å². The minimum atomic E-state index is -0.0852. The third-order valence-electron chi connectivity index (χ3n) is 4.26. The molecule has 1 aromatic carbocycles. The standard InChI is InChI=1S/C18H27N3O2/c1-2-3-7-12-19-17(22)15-10-13-21(14-11-15)18(23)20-16-8-5-4-6-9-16/h4-6,8-9,15H,2-3,7,10-14H2,1H3,(H,19,22)(H,20,23). The van der Waals surface area contributed by atoms with Crippen molar-refractivity contribution in [3.05, 3.63) is 30.3 Å². The van der Waals surface area contributed by atoms with E-state index in [1.165, 1.54) is 0 Å². The molecule has 0 unspecified atom stereocenters. The molecule has 0 saturated carbocycles. The van der Waals surface area contributed by atoms with Crippen LogP contribution in [0.15, 0.2) is 30.3 Å². The number of hydrogen-bond donors (Lipinski definition) is 2. The Morgan fingerprint density at radius 1 is 1.13 bits per heavy atom. The van der Waals surface area contributed by atoms with Crippen molar-refractivity contribution in [3.63, 3.8) is 0 Å². The largest absolute Gasteiger partial charge is 0.356 e. The zero-order valence-corrected chi connectivity index (χ0v) is 13.9. The van der Waals surface area contributed by atoms with E-state index < -0.39 is 0 Å². The topological polar surface area (TPSA) is 61.4 Å². The smallest absolute Gasteiger partial charge is 0.321 e. The number of nitrogens with one attached hydrogen (secondary N) is 2. The fourth-order valence-corrected chi connectivity index (χ4v) is 2.80. The Morgan fingerprint density at radius 2 is 1.83 bits per heavy atom. The molecule has 5 heteroatoms. The van der Waals surface area contributed by atoms with Gasteiger partial charge in [0.2, 0.25) is 5.91 Å². The second kappa shape index (κ2) is 9.18. The predicted octanol–water partition coefficient (Wildman–Crippen LogP) is 3.24. The molecule has 0 spiro atoms. The Bertz CT molecular complexity index is 496. The Hall–Kier alpha value is -2.04. The van der Waals surface area contributed by atoms with Gasteiger partial charge in [-0.15, -0.1) is 0 Å². The average Bonchev–Trinajstić information content (AvgIpc) is 2.59. The maximum absolute atomic E-state index is 12.2. The van der Waals surface area contributed by atoms with Crippen molar-refractivity contribution in [2.75, 3.05) is 25.0 Å². The van der Waals surface area contributed by atoms with Crippen LogP contribution < -0.4 is 10.6 Å². The van der Waals surface area contributed by atoms with Gasteiger partial charge in [-0.2, -0.15) is 0 Å². The highest BCUT2D eigenvalue weighted by Gasteiger charge is 2.27. The van der Waals surface area contributed by atoms with E-state index in [1.807, 2.05) is 30.3 Å². The number of likely N-dealkylation sites (tertiary alicyclic amines) is 1. The van der Waals surface area contributed by atoms with E-state index in [2.05, 4.69) is 17.6 Å². The van der Waals surface area contributed by atoms with Crippen molar-refractivity contribution in [3.8, 4) is 0 Å². The van der Waals surface area contributed by atoms with Gasteiger partial charge in [-0.3, -0.25) is 4.79 Å². The molecular formula is C18H27N3O2.